The number of nitrogen functional groups attached to an aromatic ring is 1. The molecule has 0 spiro atoms. The van der Waals surface area contributed by atoms with Crippen LogP contribution in [-0.4, -0.2) is 23.2 Å². The van der Waals surface area contributed by atoms with Gasteiger partial charge in [0.2, 0.25) is 5.91 Å². The van der Waals surface area contributed by atoms with E-state index in [0.717, 1.165) is 16.2 Å². The van der Waals surface area contributed by atoms with E-state index in [0.29, 0.717) is 46.6 Å². The minimum absolute atomic E-state index is 0.113. The smallest absolute Gasteiger partial charge is 0.412 e. The van der Waals surface area contributed by atoms with Crippen LogP contribution in [0.5, 0.6) is 11.5 Å². The number of nitrogens with two attached hydrogens (primary N) is 1. The highest BCUT2D eigenvalue weighted by molar-refractivity contribution is 6.01. The molecule has 240 valence electrons. The molecule has 0 bridgehead atoms. The first-order valence-corrected chi connectivity index (χ1v) is 15.7. The number of nitrogens with one attached hydrogen (secondary N) is 2. The number of amides is 2. The molecule has 8 nitrogen and oxygen atoms in total. The highest BCUT2D eigenvalue weighted by atomic mass is 16.6. The van der Waals surface area contributed by atoms with Gasteiger partial charge in [-0.3, -0.25) is 10.1 Å². The van der Waals surface area contributed by atoms with Crippen molar-refractivity contribution in [2.24, 2.45) is 0 Å². The van der Waals surface area contributed by atoms with Crippen LogP contribution in [0.3, 0.4) is 0 Å². The van der Waals surface area contributed by atoms with Gasteiger partial charge in [-0.05, 0) is 66.1 Å². The van der Waals surface area contributed by atoms with Crippen LogP contribution in [-0.2, 0) is 9.53 Å². The standard InChI is InChI=1S/C40H35N3O5/c41-33-20-8-9-21-35(33)42-38(45)24-11-10-23-37(47-28-15-2-1-3-16-28)39(32-25-26-36(44)31-19-7-6-18-30(31)32)48-40(46)43-34-22-12-14-27-13-4-5-17-29(27)34/h1-9,11-22,24-26,37,39,44H,10,23,41H2,(H,42,45)(H,43,46)/b24-11+/t37-,39-/m1/s1. The molecule has 0 aromatic heterocycles. The maximum atomic E-state index is 13.7. The molecule has 6 aromatic carbocycles. The number of phenolic OH excluding ortho intramolecular Hbond substituents is 1. The third-order valence-corrected chi connectivity index (χ3v) is 7.98. The third-order valence-electron chi connectivity index (χ3n) is 7.98. The Morgan fingerprint density at radius 3 is 2.19 bits per heavy atom. The number of carbonyl (C=O) groups excluding carboxylic acids is 2. The molecule has 0 saturated heterocycles. The molecule has 48 heavy (non-hydrogen) atoms. The summed E-state index contributed by atoms with van der Waals surface area (Å²) in [4.78, 5) is 26.4. The lowest BCUT2D eigenvalue weighted by molar-refractivity contribution is -0.111. The summed E-state index contributed by atoms with van der Waals surface area (Å²) >= 11 is 0. The second kappa shape index (κ2) is 14.9. The fraction of sp³-hybridized carbons (Fsp3) is 0.100. The highest BCUT2D eigenvalue weighted by Gasteiger charge is 2.31. The fourth-order valence-corrected chi connectivity index (χ4v) is 5.67. The van der Waals surface area contributed by atoms with Crippen molar-refractivity contribution in [3.63, 3.8) is 0 Å². The Bertz CT molecular complexity index is 2070. The number of hydrogen-bond acceptors (Lipinski definition) is 6. The maximum Gasteiger partial charge on any atom is 0.412 e. The summed E-state index contributed by atoms with van der Waals surface area (Å²) in [6.07, 6.45) is 1.76. The van der Waals surface area contributed by atoms with Gasteiger partial charge in [0.1, 0.15) is 17.6 Å². The van der Waals surface area contributed by atoms with E-state index < -0.39 is 18.3 Å². The predicted octanol–water partition coefficient (Wildman–Crippen LogP) is 8.99. The van der Waals surface area contributed by atoms with Crippen LogP contribution < -0.4 is 21.1 Å². The SMILES string of the molecule is Nc1ccccc1NC(=O)/C=C/CC[C@@H](Oc1ccccc1)[C@H](OC(=O)Nc1cccc2ccccc12)c1ccc(O)c2ccccc12. The number of aromatic hydroxyl groups is 1. The number of ether oxygens (including phenoxy) is 2. The summed E-state index contributed by atoms with van der Waals surface area (Å²) in [5.74, 6) is 0.386. The number of rotatable bonds is 11. The highest BCUT2D eigenvalue weighted by Crippen LogP contribution is 2.37. The first kappa shape index (κ1) is 31.7. The Morgan fingerprint density at radius 1 is 0.708 bits per heavy atom. The molecule has 0 saturated carbocycles. The van der Waals surface area contributed by atoms with Crippen LogP contribution in [0.4, 0.5) is 21.9 Å². The Kier molecular flexibility index (Phi) is 9.82. The molecule has 6 aromatic rings. The number of hydrogen-bond donors (Lipinski definition) is 4. The van der Waals surface area contributed by atoms with Crippen molar-refractivity contribution < 1.29 is 24.2 Å². The Morgan fingerprint density at radius 2 is 1.38 bits per heavy atom. The average molecular weight is 638 g/mol. The molecule has 0 unspecified atom stereocenters. The lowest BCUT2D eigenvalue weighted by Crippen LogP contribution is -2.31. The van der Waals surface area contributed by atoms with Crippen molar-refractivity contribution in [3.8, 4) is 11.5 Å². The van der Waals surface area contributed by atoms with Crippen LogP contribution in [0, 0.1) is 0 Å². The van der Waals surface area contributed by atoms with Crippen molar-refractivity contribution in [1.82, 2.24) is 0 Å². The molecule has 0 aliphatic carbocycles. The topological polar surface area (TPSA) is 123 Å². The molecular formula is C40H35N3O5. The Hall–Kier alpha value is -6.28. The Balaban J connectivity index is 1.31. The van der Waals surface area contributed by atoms with E-state index in [9.17, 15) is 14.7 Å². The normalized spacial score (nSPS) is 12.4. The second-order valence-corrected chi connectivity index (χ2v) is 11.2. The van der Waals surface area contributed by atoms with Crippen molar-refractivity contribution in [1.29, 1.82) is 0 Å². The second-order valence-electron chi connectivity index (χ2n) is 11.2. The van der Waals surface area contributed by atoms with E-state index in [1.807, 2.05) is 97.1 Å². The number of allylic oxidation sites excluding steroid dienone is 1. The van der Waals surface area contributed by atoms with Crippen LogP contribution in [0.2, 0.25) is 0 Å². The van der Waals surface area contributed by atoms with Crippen LogP contribution in [0.15, 0.2) is 146 Å². The summed E-state index contributed by atoms with van der Waals surface area (Å²) in [5, 5.41) is 19.6. The molecule has 0 heterocycles. The van der Waals surface area contributed by atoms with Gasteiger partial charge in [0.15, 0.2) is 6.10 Å². The molecule has 0 fully saturated rings. The van der Waals surface area contributed by atoms with Gasteiger partial charge in [-0.1, -0.05) is 103 Å². The summed E-state index contributed by atoms with van der Waals surface area (Å²) < 4.78 is 12.8. The zero-order valence-corrected chi connectivity index (χ0v) is 26.1. The van der Waals surface area contributed by atoms with E-state index in [4.69, 9.17) is 15.2 Å². The van der Waals surface area contributed by atoms with Crippen molar-refractivity contribution in [3.05, 3.63) is 151 Å². The fourth-order valence-electron chi connectivity index (χ4n) is 5.67. The van der Waals surface area contributed by atoms with E-state index in [1.165, 1.54) is 6.08 Å². The van der Waals surface area contributed by atoms with Crippen LogP contribution in [0.25, 0.3) is 21.5 Å². The largest absolute Gasteiger partial charge is 0.507 e. The summed E-state index contributed by atoms with van der Waals surface area (Å²) in [6.45, 7) is 0. The number of phenols is 1. The molecule has 2 atom stereocenters. The quantitative estimate of drug-likeness (QED) is 0.0831. The van der Waals surface area contributed by atoms with Gasteiger partial charge in [0.05, 0.1) is 17.1 Å². The number of fused-ring (bicyclic) bond motifs is 2. The predicted molar refractivity (Wildman–Crippen MR) is 191 cm³/mol. The molecule has 5 N–H and O–H groups in total. The van der Waals surface area contributed by atoms with Crippen LogP contribution >= 0.6 is 0 Å². The molecular weight excluding hydrogens is 602 g/mol. The average Bonchev–Trinajstić information content (AvgIpc) is 3.11. The van der Waals surface area contributed by atoms with Gasteiger partial charge in [-0.15, -0.1) is 0 Å². The summed E-state index contributed by atoms with van der Waals surface area (Å²) in [7, 11) is 0. The van der Waals surface area contributed by atoms with E-state index in [2.05, 4.69) is 10.6 Å². The van der Waals surface area contributed by atoms with Gasteiger partial charge in [0.25, 0.3) is 0 Å². The minimum atomic E-state index is -0.906. The third kappa shape index (κ3) is 7.57. The number of benzene rings is 6. The molecule has 0 aliphatic rings. The molecule has 0 radical (unpaired) electrons. The molecule has 6 rings (SSSR count). The van der Waals surface area contributed by atoms with Gasteiger partial charge < -0.3 is 25.6 Å². The van der Waals surface area contributed by atoms with Gasteiger partial charge in [0, 0.05) is 16.3 Å². The molecule has 2 amide bonds. The van der Waals surface area contributed by atoms with E-state index >= 15 is 0 Å². The van der Waals surface area contributed by atoms with Gasteiger partial charge in [-0.25, -0.2) is 4.79 Å². The number of para-hydroxylation sites is 3. The van der Waals surface area contributed by atoms with Gasteiger partial charge >= 0.3 is 6.09 Å². The van der Waals surface area contributed by atoms with E-state index in [1.54, 1.807) is 42.5 Å². The first-order valence-electron chi connectivity index (χ1n) is 15.7. The summed E-state index contributed by atoms with van der Waals surface area (Å²) in [6, 6.07) is 40.5. The van der Waals surface area contributed by atoms with Crippen molar-refractivity contribution in [2.75, 3.05) is 16.4 Å². The van der Waals surface area contributed by atoms with Gasteiger partial charge in [-0.2, -0.15) is 0 Å². The minimum Gasteiger partial charge on any atom is -0.507 e. The van der Waals surface area contributed by atoms with E-state index in [-0.39, 0.29) is 11.7 Å². The molecule has 0 aliphatic heterocycles. The summed E-state index contributed by atoms with van der Waals surface area (Å²) in [5.41, 5.74) is 8.25. The van der Waals surface area contributed by atoms with Crippen molar-refractivity contribution in [2.45, 2.75) is 25.0 Å². The zero-order valence-electron chi connectivity index (χ0n) is 26.1. The lowest BCUT2D eigenvalue weighted by Gasteiger charge is -2.29. The molecule has 8 heteroatoms. The van der Waals surface area contributed by atoms with Crippen LogP contribution in [0.1, 0.15) is 24.5 Å². The monoisotopic (exact) mass is 637 g/mol. The Labute approximate surface area is 278 Å². The zero-order chi connectivity index (χ0) is 33.3. The maximum absolute atomic E-state index is 13.7. The van der Waals surface area contributed by atoms with Crippen molar-refractivity contribution >= 4 is 50.6 Å². The first-order chi connectivity index (χ1) is 23.5. The lowest BCUT2D eigenvalue weighted by atomic mass is 9.94. The number of carbonyl (C=O) groups is 2. The number of anilines is 3.